The summed E-state index contributed by atoms with van der Waals surface area (Å²) in [4.78, 5) is 24.1. The first-order valence-corrected chi connectivity index (χ1v) is 8.45. The van der Waals surface area contributed by atoms with Gasteiger partial charge in [0.2, 0.25) is 0 Å². The second-order valence-corrected chi connectivity index (χ2v) is 6.02. The van der Waals surface area contributed by atoms with E-state index in [1.54, 1.807) is 13.2 Å². The van der Waals surface area contributed by atoms with Crippen molar-refractivity contribution in [3.05, 3.63) is 48.2 Å². The maximum Gasteiger partial charge on any atom is 0.311 e. The van der Waals surface area contributed by atoms with E-state index in [1.807, 2.05) is 43.3 Å². The van der Waals surface area contributed by atoms with Crippen LogP contribution in [-0.2, 0) is 20.7 Å². The number of furan rings is 1. The molecule has 0 aliphatic heterocycles. The molecule has 25 heavy (non-hydrogen) atoms. The van der Waals surface area contributed by atoms with Gasteiger partial charge < -0.3 is 14.5 Å². The van der Waals surface area contributed by atoms with Crippen molar-refractivity contribution in [1.29, 1.82) is 0 Å². The number of ether oxygens (including phenoxy) is 1. The number of carbonyl (C=O) groups is 2. The number of nitrogens with one attached hydrogen (secondary N) is 1. The van der Waals surface area contributed by atoms with Crippen LogP contribution in [0.25, 0.3) is 21.7 Å². The number of esters is 1. The Kier molecular flexibility index (Phi) is 5.03. The first kappa shape index (κ1) is 17.0. The third-order valence-corrected chi connectivity index (χ3v) is 4.10. The Morgan fingerprint density at radius 2 is 2.00 bits per heavy atom. The molecule has 0 unspecified atom stereocenters. The van der Waals surface area contributed by atoms with E-state index in [2.05, 4.69) is 5.32 Å². The number of benzene rings is 2. The minimum absolute atomic E-state index is 0.0619. The molecule has 1 N–H and O–H groups in total. The maximum atomic E-state index is 12.2. The summed E-state index contributed by atoms with van der Waals surface area (Å²) < 4.78 is 10.8. The third kappa shape index (κ3) is 3.65. The Morgan fingerprint density at radius 3 is 2.80 bits per heavy atom. The van der Waals surface area contributed by atoms with Crippen molar-refractivity contribution in [1.82, 2.24) is 5.32 Å². The van der Waals surface area contributed by atoms with Crippen molar-refractivity contribution < 1.29 is 18.7 Å². The van der Waals surface area contributed by atoms with Gasteiger partial charge in [-0.1, -0.05) is 37.3 Å². The molecule has 130 valence electrons. The van der Waals surface area contributed by atoms with Gasteiger partial charge in [0.1, 0.15) is 5.58 Å². The molecule has 0 aliphatic carbocycles. The molecule has 5 nitrogen and oxygen atoms in total. The molecule has 0 spiro atoms. The fraction of sp³-hybridized carbons (Fsp3) is 0.300. The van der Waals surface area contributed by atoms with Gasteiger partial charge in [-0.15, -0.1) is 0 Å². The number of hydrogen-bond donors (Lipinski definition) is 1. The first-order valence-electron chi connectivity index (χ1n) is 8.45. The molecule has 1 aromatic heterocycles. The summed E-state index contributed by atoms with van der Waals surface area (Å²) in [5, 5.41) is 5.74. The van der Waals surface area contributed by atoms with Crippen LogP contribution < -0.4 is 5.32 Å². The number of rotatable bonds is 6. The number of amides is 1. The molecule has 0 saturated heterocycles. The van der Waals surface area contributed by atoms with Gasteiger partial charge in [-0.25, -0.2) is 0 Å². The van der Waals surface area contributed by atoms with Crippen molar-refractivity contribution in [2.45, 2.75) is 32.8 Å². The molecule has 0 saturated carbocycles. The Bertz CT molecular complexity index is 912. The molecule has 0 radical (unpaired) electrons. The highest BCUT2D eigenvalue weighted by Gasteiger charge is 2.19. The van der Waals surface area contributed by atoms with Gasteiger partial charge >= 0.3 is 5.97 Å². The molecule has 1 heterocycles. The standard InChI is InChI=1S/C20H21NO4/c1-3-10-21-20(23)13(2)25-18(22)11-15-12-24-17-9-8-14-6-4-5-7-16(14)19(15)17/h4-9,12-13H,3,10-11H2,1-2H3,(H,21,23)/t13-/m1/s1. The highest BCUT2D eigenvalue weighted by molar-refractivity contribution is 6.08. The van der Waals surface area contributed by atoms with Crippen LogP contribution in [0.2, 0.25) is 0 Å². The maximum absolute atomic E-state index is 12.2. The molecule has 5 heteroatoms. The molecule has 2 aromatic carbocycles. The molecular formula is C20H21NO4. The lowest BCUT2D eigenvalue weighted by Crippen LogP contribution is -2.36. The molecular weight excluding hydrogens is 318 g/mol. The summed E-state index contributed by atoms with van der Waals surface area (Å²) >= 11 is 0. The molecule has 1 atom stereocenters. The average molecular weight is 339 g/mol. The predicted octanol–water partition coefficient (Wildman–Crippen LogP) is 3.59. The summed E-state index contributed by atoms with van der Waals surface area (Å²) in [7, 11) is 0. The molecule has 1 amide bonds. The minimum atomic E-state index is -0.811. The van der Waals surface area contributed by atoms with Gasteiger partial charge in [0, 0.05) is 17.5 Å². The topological polar surface area (TPSA) is 68.5 Å². The fourth-order valence-electron chi connectivity index (χ4n) is 2.84. The SMILES string of the molecule is CCCNC(=O)[C@@H](C)OC(=O)Cc1coc2ccc3ccccc3c12. The van der Waals surface area contributed by atoms with Crippen molar-refractivity contribution in [3.8, 4) is 0 Å². The molecule has 3 rings (SSSR count). The smallest absolute Gasteiger partial charge is 0.311 e. The van der Waals surface area contributed by atoms with Crippen molar-refractivity contribution in [2.24, 2.45) is 0 Å². The van der Waals surface area contributed by atoms with Crippen LogP contribution in [-0.4, -0.2) is 24.5 Å². The van der Waals surface area contributed by atoms with E-state index in [-0.39, 0.29) is 12.3 Å². The van der Waals surface area contributed by atoms with E-state index in [1.165, 1.54) is 0 Å². The van der Waals surface area contributed by atoms with Crippen LogP contribution >= 0.6 is 0 Å². The van der Waals surface area contributed by atoms with Crippen molar-refractivity contribution in [3.63, 3.8) is 0 Å². The Hall–Kier alpha value is -2.82. The predicted molar refractivity (Wildman–Crippen MR) is 96.3 cm³/mol. The first-order chi connectivity index (χ1) is 12.1. The lowest BCUT2D eigenvalue weighted by Gasteiger charge is -2.13. The van der Waals surface area contributed by atoms with E-state index >= 15 is 0 Å². The summed E-state index contributed by atoms with van der Waals surface area (Å²) in [6.45, 7) is 4.11. The van der Waals surface area contributed by atoms with Crippen LogP contribution in [0.5, 0.6) is 0 Å². The second-order valence-electron chi connectivity index (χ2n) is 6.02. The zero-order valence-electron chi connectivity index (χ0n) is 14.4. The summed E-state index contributed by atoms with van der Waals surface area (Å²) in [5.74, 6) is -0.729. The number of fused-ring (bicyclic) bond motifs is 3. The monoisotopic (exact) mass is 339 g/mol. The fourth-order valence-corrected chi connectivity index (χ4v) is 2.84. The number of carbonyl (C=O) groups excluding carboxylic acids is 2. The highest BCUT2D eigenvalue weighted by Crippen LogP contribution is 2.30. The van der Waals surface area contributed by atoms with E-state index < -0.39 is 12.1 Å². The largest absolute Gasteiger partial charge is 0.464 e. The quantitative estimate of drug-likeness (QED) is 0.697. The van der Waals surface area contributed by atoms with E-state index in [0.717, 1.165) is 33.7 Å². The van der Waals surface area contributed by atoms with E-state index in [9.17, 15) is 9.59 Å². The Labute approximate surface area is 145 Å². The van der Waals surface area contributed by atoms with Crippen LogP contribution in [0.15, 0.2) is 47.1 Å². The lowest BCUT2D eigenvalue weighted by atomic mass is 10.0. The van der Waals surface area contributed by atoms with Gasteiger partial charge in [0.25, 0.3) is 5.91 Å². The van der Waals surface area contributed by atoms with Crippen LogP contribution in [0.1, 0.15) is 25.8 Å². The van der Waals surface area contributed by atoms with Gasteiger partial charge in [-0.2, -0.15) is 0 Å². The number of hydrogen-bond acceptors (Lipinski definition) is 4. The third-order valence-electron chi connectivity index (χ3n) is 4.10. The zero-order valence-corrected chi connectivity index (χ0v) is 14.4. The molecule has 0 aliphatic rings. The summed E-state index contributed by atoms with van der Waals surface area (Å²) in [6.07, 6.45) is 1.67. The van der Waals surface area contributed by atoms with Crippen LogP contribution in [0.4, 0.5) is 0 Å². The normalized spacial score (nSPS) is 12.2. The highest BCUT2D eigenvalue weighted by atomic mass is 16.5. The van der Waals surface area contributed by atoms with Gasteiger partial charge in [-0.3, -0.25) is 9.59 Å². The van der Waals surface area contributed by atoms with Crippen LogP contribution in [0.3, 0.4) is 0 Å². The molecule has 3 aromatic rings. The van der Waals surface area contributed by atoms with Crippen LogP contribution in [0, 0.1) is 0 Å². The van der Waals surface area contributed by atoms with Crippen molar-refractivity contribution in [2.75, 3.05) is 6.54 Å². The summed E-state index contributed by atoms with van der Waals surface area (Å²) in [6, 6.07) is 11.8. The second kappa shape index (κ2) is 7.38. The van der Waals surface area contributed by atoms with E-state index in [4.69, 9.17) is 9.15 Å². The van der Waals surface area contributed by atoms with Gasteiger partial charge in [0.05, 0.1) is 12.7 Å². The van der Waals surface area contributed by atoms with Gasteiger partial charge in [-0.05, 0) is 30.2 Å². The van der Waals surface area contributed by atoms with Crippen molar-refractivity contribution >= 4 is 33.6 Å². The van der Waals surface area contributed by atoms with Gasteiger partial charge in [0.15, 0.2) is 6.10 Å². The Morgan fingerprint density at radius 1 is 1.20 bits per heavy atom. The van der Waals surface area contributed by atoms with E-state index in [0.29, 0.717) is 6.54 Å². The Balaban J connectivity index is 1.78. The average Bonchev–Trinajstić information content (AvgIpc) is 3.02. The molecule has 0 fully saturated rings. The summed E-state index contributed by atoms with van der Waals surface area (Å²) in [5.41, 5.74) is 1.49. The minimum Gasteiger partial charge on any atom is -0.464 e. The zero-order chi connectivity index (χ0) is 17.8. The lowest BCUT2D eigenvalue weighted by molar-refractivity contribution is -0.154. The molecule has 0 bridgehead atoms.